The summed E-state index contributed by atoms with van der Waals surface area (Å²) in [5.74, 6) is 0.802. The van der Waals surface area contributed by atoms with Crippen molar-refractivity contribution in [2.24, 2.45) is 5.92 Å². The summed E-state index contributed by atoms with van der Waals surface area (Å²) in [6.07, 6.45) is 6.74. The van der Waals surface area contributed by atoms with Crippen molar-refractivity contribution >= 4 is 0 Å². The van der Waals surface area contributed by atoms with Gasteiger partial charge in [0.25, 0.3) is 0 Å². The van der Waals surface area contributed by atoms with Crippen molar-refractivity contribution in [3.8, 4) is 0 Å². The average molecular weight is 272 g/mol. The summed E-state index contributed by atoms with van der Waals surface area (Å²) in [5.41, 5.74) is 3.14. The minimum absolute atomic E-state index is 0.622. The number of nitrogens with one attached hydrogen (secondary N) is 1. The number of nitrogens with zero attached hydrogens (tertiary/aromatic N) is 1. The molecule has 1 aliphatic heterocycles. The van der Waals surface area contributed by atoms with Gasteiger partial charge in [-0.1, -0.05) is 30.7 Å². The summed E-state index contributed by atoms with van der Waals surface area (Å²) in [4.78, 5) is 2.63. The number of rotatable bonds is 5. The van der Waals surface area contributed by atoms with Crippen molar-refractivity contribution in [3.05, 3.63) is 35.4 Å². The maximum Gasteiger partial charge on any atom is 0.0166 e. The molecule has 1 aromatic rings. The molecule has 1 N–H and O–H groups in total. The first kappa shape index (κ1) is 14.1. The molecule has 1 fully saturated rings. The monoisotopic (exact) mass is 272 g/mol. The lowest BCUT2D eigenvalue weighted by Crippen LogP contribution is -2.43. The van der Waals surface area contributed by atoms with E-state index in [4.69, 9.17) is 0 Å². The fourth-order valence-electron chi connectivity index (χ4n) is 3.76. The minimum atomic E-state index is 0.622. The highest BCUT2D eigenvalue weighted by Crippen LogP contribution is 2.25. The number of hydrogen-bond donors (Lipinski definition) is 1. The Bertz CT molecular complexity index is 398. The Hall–Kier alpha value is -0.860. The standard InChI is InChI=1S/C18H28N2/c1-15(14-20-9-5-2-6-10-20)19-13-16-11-17-7-3-4-8-18(17)12-16/h3-4,7-8,15-16,19H,2,5-6,9-14H2,1H3. The molecule has 1 heterocycles. The van der Waals surface area contributed by atoms with E-state index in [9.17, 15) is 0 Å². The Balaban J connectivity index is 1.39. The number of likely N-dealkylation sites (tertiary alicyclic amines) is 1. The van der Waals surface area contributed by atoms with Gasteiger partial charge in [0.2, 0.25) is 0 Å². The van der Waals surface area contributed by atoms with Crippen molar-refractivity contribution < 1.29 is 0 Å². The van der Waals surface area contributed by atoms with Gasteiger partial charge >= 0.3 is 0 Å². The van der Waals surface area contributed by atoms with Gasteiger partial charge in [0.15, 0.2) is 0 Å². The van der Waals surface area contributed by atoms with Crippen LogP contribution in [0.25, 0.3) is 0 Å². The minimum Gasteiger partial charge on any atom is -0.313 e. The number of hydrogen-bond acceptors (Lipinski definition) is 2. The van der Waals surface area contributed by atoms with Gasteiger partial charge < -0.3 is 10.2 Å². The molecule has 2 nitrogen and oxygen atoms in total. The number of piperidine rings is 1. The van der Waals surface area contributed by atoms with Crippen molar-refractivity contribution in [1.82, 2.24) is 10.2 Å². The molecule has 1 unspecified atom stereocenters. The van der Waals surface area contributed by atoms with Gasteiger partial charge in [-0.05, 0) is 69.3 Å². The Kier molecular flexibility index (Phi) is 4.74. The van der Waals surface area contributed by atoms with Gasteiger partial charge in [0, 0.05) is 12.6 Å². The van der Waals surface area contributed by atoms with E-state index in [1.54, 1.807) is 11.1 Å². The quantitative estimate of drug-likeness (QED) is 0.886. The average Bonchev–Trinajstić information content (AvgIpc) is 2.89. The van der Waals surface area contributed by atoms with Gasteiger partial charge in [-0.2, -0.15) is 0 Å². The van der Waals surface area contributed by atoms with E-state index in [1.807, 2.05) is 0 Å². The molecule has 1 atom stereocenters. The van der Waals surface area contributed by atoms with Crippen molar-refractivity contribution in [3.63, 3.8) is 0 Å². The molecular weight excluding hydrogens is 244 g/mol. The summed E-state index contributed by atoms with van der Waals surface area (Å²) >= 11 is 0. The fraction of sp³-hybridized carbons (Fsp3) is 0.667. The highest BCUT2D eigenvalue weighted by Gasteiger charge is 2.21. The van der Waals surface area contributed by atoms with E-state index in [1.165, 1.54) is 58.3 Å². The zero-order valence-corrected chi connectivity index (χ0v) is 12.8. The second-order valence-corrected chi connectivity index (χ2v) is 6.71. The van der Waals surface area contributed by atoms with Crippen LogP contribution in [0.1, 0.15) is 37.3 Å². The second-order valence-electron chi connectivity index (χ2n) is 6.71. The summed E-state index contributed by atoms with van der Waals surface area (Å²) in [6, 6.07) is 9.57. The van der Waals surface area contributed by atoms with Crippen LogP contribution in [0.2, 0.25) is 0 Å². The first-order valence-corrected chi connectivity index (χ1v) is 8.34. The molecule has 1 saturated heterocycles. The third-order valence-corrected chi connectivity index (χ3v) is 4.87. The van der Waals surface area contributed by atoms with E-state index in [0.29, 0.717) is 6.04 Å². The first-order chi connectivity index (χ1) is 9.81. The lowest BCUT2D eigenvalue weighted by molar-refractivity contribution is 0.207. The molecule has 3 rings (SSSR count). The molecule has 0 bridgehead atoms. The van der Waals surface area contributed by atoms with Crippen LogP contribution < -0.4 is 5.32 Å². The topological polar surface area (TPSA) is 15.3 Å². The second kappa shape index (κ2) is 6.73. The van der Waals surface area contributed by atoms with E-state index in [0.717, 1.165) is 5.92 Å². The van der Waals surface area contributed by atoms with Gasteiger partial charge in [0.05, 0.1) is 0 Å². The van der Waals surface area contributed by atoms with E-state index in [-0.39, 0.29) is 0 Å². The molecule has 1 aromatic carbocycles. The molecule has 0 aromatic heterocycles. The molecule has 0 spiro atoms. The van der Waals surface area contributed by atoms with Crippen LogP contribution in [0.4, 0.5) is 0 Å². The summed E-state index contributed by atoms with van der Waals surface area (Å²) < 4.78 is 0. The van der Waals surface area contributed by atoms with Gasteiger partial charge in [-0.25, -0.2) is 0 Å². The Labute approximate surface area is 123 Å². The normalized spacial score (nSPS) is 21.9. The largest absolute Gasteiger partial charge is 0.313 e. The van der Waals surface area contributed by atoms with Crippen LogP contribution in [0, 0.1) is 5.92 Å². The van der Waals surface area contributed by atoms with Crippen LogP contribution >= 0.6 is 0 Å². The number of fused-ring (bicyclic) bond motifs is 1. The molecule has 20 heavy (non-hydrogen) atoms. The maximum absolute atomic E-state index is 3.77. The SMILES string of the molecule is CC(CN1CCCCC1)NCC1Cc2ccccc2C1. The molecule has 2 heteroatoms. The molecule has 1 aliphatic carbocycles. The summed E-state index contributed by atoms with van der Waals surface area (Å²) in [7, 11) is 0. The molecule has 110 valence electrons. The zero-order valence-electron chi connectivity index (χ0n) is 12.8. The van der Waals surface area contributed by atoms with Crippen molar-refractivity contribution in [2.45, 2.75) is 45.1 Å². The van der Waals surface area contributed by atoms with E-state index >= 15 is 0 Å². The molecule has 0 radical (unpaired) electrons. The molecular formula is C18H28N2. The van der Waals surface area contributed by atoms with Gasteiger partial charge in [0.1, 0.15) is 0 Å². The lowest BCUT2D eigenvalue weighted by Gasteiger charge is -2.29. The Morgan fingerprint density at radius 1 is 1.10 bits per heavy atom. The third-order valence-electron chi connectivity index (χ3n) is 4.87. The maximum atomic E-state index is 3.77. The Morgan fingerprint density at radius 3 is 2.40 bits per heavy atom. The van der Waals surface area contributed by atoms with Crippen LogP contribution in [-0.4, -0.2) is 37.1 Å². The van der Waals surface area contributed by atoms with Crippen LogP contribution in [0.15, 0.2) is 24.3 Å². The highest BCUT2D eigenvalue weighted by molar-refractivity contribution is 5.32. The van der Waals surface area contributed by atoms with Crippen LogP contribution in [0.5, 0.6) is 0 Å². The predicted molar refractivity (Wildman–Crippen MR) is 85.1 cm³/mol. The lowest BCUT2D eigenvalue weighted by atomic mass is 10.1. The zero-order chi connectivity index (χ0) is 13.8. The molecule has 0 amide bonds. The summed E-state index contributed by atoms with van der Waals surface area (Å²) in [5, 5.41) is 3.77. The van der Waals surface area contributed by atoms with Crippen LogP contribution in [-0.2, 0) is 12.8 Å². The van der Waals surface area contributed by atoms with Crippen molar-refractivity contribution in [2.75, 3.05) is 26.2 Å². The first-order valence-electron chi connectivity index (χ1n) is 8.34. The predicted octanol–water partition coefficient (Wildman–Crippen LogP) is 2.87. The van der Waals surface area contributed by atoms with E-state index in [2.05, 4.69) is 41.4 Å². The van der Waals surface area contributed by atoms with Crippen molar-refractivity contribution in [1.29, 1.82) is 0 Å². The van der Waals surface area contributed by atoms with Crippen LogP contribution in [0.3, 0.4) is 0 Å². The summed E-state index contributed by atoms with van der Waals surface area (Å²) in [6.45, 7) is 7.35. The highest BCUT2D eigenvalue weighted by atomic mass is 15.1. The fourth-order valence-corrected chi connectivity index (χ4v) is 3.76. The molecule has 0 saturated carbocycles. The number of benzene rings is 1. The van der Waals surface area contributed by atoms with Gasteiger partial charge in [-0.15, -0.1) is 0 Å². The van der Waals surface area contributed by atoms with E-state index < -0.39 is 0 Å². The Morgan fingerprint density at radius 2 is 1.75 bits per heavy atom. The third kappa shape index (κ3) is 3.62. The molecule has 2 aliphatic rings. The smallest absolute Gasteiger partial charge is 0.0166 e. The van der Waals surface area contributed by atoms with Gasteiger partial charge in [-0.3, -0.25) is 0 Å².